The first-order valence-corrected chi connectivity index (χ1v) is 16.1. The minimum Gasteiger partial charge on any atom is -0.379 e. The largest absolute Gasteiger partial charge is 0.379 e. The molecule has 3 aliphatic heterocycles. The minimum absolute atomic E-state index is 0.00514. The number of rotatable bonds is 7. The van der Waals surface area contributed by atoms with Gasteiger partial charge in [0.15, 0.2) is 9.84 Å². The number of aromatic amines is 1. The molecule has 42 heavy (non-hydrogen) atoms. The molecule has 9 nitrogen and oxygen atoms in total. The van der Waals surface area contributed by atoms with Crippen molar-refractivity contribution in [3.05, 3.63) is 87.2 Å². The molecule has 2 amide bonds. The van der Waals surface area contributed by atoms with Crippen molar-refractivity contribution in [2.75, 3.05) is 45.9 Å². The van der Waals surface area contributed by atoms with Gasteiger partial charge in [0.2, 0.25) is 0 Å². The average molecular weight is 595 g/mol. The van der Waals surface area contributed by atoms with Crippen LogP contribution in [0.4, 0.5) is 4.39 Å². The first-order chi connectivity index (χ1) is 20.2. The maximum atomic E-state index is 13.6. The van der Waals surface area contributed by atoms with E-state index in [0.717, 1.165) is 56.9 Å². The molecular formula is C31H35FN4O5S. The summed E-state index contributed by atoms with van der Waals surface area (Å²) in [7, 11) is -3.62. The second kappa shape index (κ2) is 11.6. The predicted molar refractivity (Wildman–Crippen MR) is 157 cm³/mol. The Morgan fingerprint density at radius 3 is 2.62 bits per heavy atom. The van der Waals surface area contributed by atoms with Crippen LogP contribution in [0.5, 0.6) is 0 Å². The van der Waals surface area contributed by atoms with Crippen molar-refractivity contribution >= 4 is 27.7 Å². The summed E-state index contributed by atoms with van der Waals surface area (Å²) in [5, 5.41) is 2.04. The summed E-state index contributed by atoms with van der Waals surface area (Å²) in [6, 6.07) is 5.44. The molecule has 2 aromatic rings. The number of halogens is 1. The van der Waals surface area contributed by atoms with E-state index >= 15 is 0 Å². The van der Waals surface area contributed by atoms with Gasteiger partial charge in [-0.05, 0) is 55.5 Å². The molecule has 11 heteroatoms. The lowest BCUT2D eigenvalue weighted by molar-refractivity contribution is -0.115. The van der Waals surface area contributed by atoms with Crippen molar-refractivity contribution in [1.29, 1.82) is 0 Å². The number of nitrogens with one attached hydrogen (secondary N) is 2. The lowest BCUT2D eigenvalue weighted by Gasteiger charge is -2.29. The van der Waals surface area contributed by atoms with Crippen molar-refractivity contribution in [1.82, 2.24) is 20.1 Å². The van der Waals surface area contributed by atoms with Gasteiger partial charge in [0.1, 0.15) is 5.82 Å². The number of nitrogens with zero attached hydrogens (tertiary/aromatic N) is 2. The number of hydrogen-bond donors (Lipinski definition) is 2. The van der Waals surface area contributed by atoms with Crippen LogP contribution in [0.2, 0.25) is 0 Å². The summed E-state index contributed by atoms with van der Waals surface area (Å²) in [5.74, 6) is -0.966. The number of H-pyrrole nitrogens is 1. The van der Waals surface area contributed by atoms with Gasteiger partial charge in [-0.1, -0.05) is 24.3 Å². The Bertz CT molecular complexity index is 1600. The summed E-state index contributed by atoms with van der Waals surface area (Å²) < 4.78 is 45.3. The highest BCUT2D eigenvalue weighted by molar-refractivity contribution is 7.91. The van der Waals surface area contributed by atoms with Crippen LogP contribution in [0.15, 0.2) is 53.3 Å². The number of hydrogen-bond acceptors (Lipinski definition) is 6. The highest BCUT2D eigenvalue weighted by Crippen LogP contribution is 2.35. The molecule has 0 spiro atoms. The molecule has 2 saturated heterocycles. The Hall–Kier alpha value is -3.54. The molecule has 1 unspecified atom stereocenters. The zero-order chi connectivity index (χ0) is 29.4. The second-order valence-electron chi connectivity index (χ2n) is 11.3. The second-order valence-corrected chi connectivity index (χ2v) is 13.5. The third kappa shape index (κ3) is 5.73. The number of carbonyl (C=O) groups excluding carboxylic acids is 2. The molecular weight excluding hydrogens is 559 g/mol. The minimum atomic E-state index is -3.62. The van der Waals surface area contributed by atoms with Gasteiger partial charge in [-0.2, -0.15) is 0 Å². The van der Waals surface area contributed by atoms with Gasteiger partial charge in [-0.15, -0.1) is 0 Å². The monoisotopic (exact) mass is 594 g/mol. The SMILES string of the molecule is Cc1c(/C=C2\C(=O)NC3=CCC(S(=O)(=O)Cc4ccc(F)cc4)C=C32)[nH]c2c1C(=O)N(CCN1CCOCC1)CCC2. The fourth-order valence-corrected chi connectivity index (χ4v) is 7.72. The summed E-state index contributed by atoms with van der Waals surface area (Å²) >= 11 is 0. The molecule has 2 N–H and O–H groups in total. The van der Waals surface area contributed by atoms with Crippen molar-refractivity contribution in [3.63, 3.8) is 0 Å². The number of benzene rings is 1. The van der Waals surface area contributed by atoms with Crippen molar-refractivity contribution < 1.29 is 27.1 Å². The van der Waals surface area contributed by atoms with Gasteiger partial charge in [0.25, 0.3) is 11.8 Å². The Kier molecular flexibility index (Phi) is 7.91. The number of aromatic nitrogens is 1. The molecule has 4 aliphatic rings. The van der Waals surface area contributed by atoms with Gasteiger partial charge >= 0.3 is 0 Å². The molecule has 1 aromatic carbocycles. The zero-order valence-corrected chi connectivity index (χ0v) is 24.4. The Morgan fingerprint density at radius 1 is 1.10 bits per heavy atom. The first kappa shape index (κ1) is 28.6. The smallest absolute Gasteiger partial charge is 0.256 e. The fourth-order valence-electron chi connectivity index (χ4n) is 6.12. The van der Waals surface area contributed by atoms with Gasteiger partial charge in [-0.25, -0.2) is 12.8 Å². The van der Waals surface area contributed by atoms with Crippen LogP contribution in [-0.2, 0) is 31.5 Å². The van der Waals surface area contributed by atoms with E-state index < -0.39 is 20.9 Å². The quantitative estimate of drug-likeness (QED) is 0.477. The number of sulfone groups is 1. The molecule has 222 valence electrons. The van der Waals surface area contributed by atoms with E-state index in [0.29, 0.717) is 46.8 Å². The number of aryl methyl sites for hydroxylation is 1. The highest BCUT2D eigenvalue weighted by atomic mass is 32.2. The van der Waals surface area contributed by atoms with Crippen molar-refractivity contribution in [3.8, 4) is 0 Å². The van der Waals surface area contributed by atoms with Gasteiger partial charge < -0.3 is 19.9 Å². The molecule has 0 radical (unpaired) electrons. The fraction of sp³-hybridized carbons (Fsp3) is 0.419. The topological polar surface area (TPSA) is 112 Å². The van der Waals surface area contributed by atoms with E-state index in [9.17, 15) is 22.4 Å². The van der Waals surface area contributed by atoms with Crippen LogP contribution in [0.1, 0.15) is 45.7 Å². The maximum Gasteiger partial charge on any atom is 0.256 e. The number of allylic oxidation sites excluding steroid dienone is 2. The zero-order valence-electron chi connectivity index (χ0n) is 23.6. The molecule has 6 rings (SSSR count). The lowest BCUT2D eigenvalue weighted by Crippen LogP contribution is -2.43. The van der Waals surface area contributed by atoms with Gasteiger partial charge in [-0.3, -0.25) is 14.5 Å². The van der Waals surface area contributed by atoms with Crippen LogP contribution in [-0.4, -0.2) is 86.2 Å². The molecule has 0 bridgehead atoms. The van der Waals surface area contributed by atoms with Crippen LogP contribution >= 0.6 is 0 Å². The van der Waals surface area contributed by atoms with E-state index in [1.807, 2.05) is 11.8 Å². The van der Waals surface area contributed by atoms with Gasteiger partial charge in [0, 0.05) is 55.4 Å². The number of amides is 2. The summed E-state index contributed by atoms with van der Waals surface area (Å²) in [6.07, 6.45) is 6.91. The predicted octanol–water partition coefficient (Wildman–Crippen LogP) is 2.89. The molecule has 2 fully saturated rings. The summed E-state index contributed by atoms with van der Waals surface area (Å²) in [4.78, 5) is 34.3. The van der Waals surface area contributed by atoms with Crippen LogP contribution in [0.25, 0.3) is 6.08 Å². The van der Waals surface area contributed by atoms with Crippen LogP contribution in [0, 0.1) is 12.7 Å². The molecule has 4 heterocycles. The Labute approximate surface area is 245 Å². The maximum absolute atomic E-state index is 13.6. The van der Waals surface area contributed by atoms with E-state index in [1.165, 1.54) is 24.3 Å². The summed E-state index contributed by atoms with van der Waals surface area (Å²) in [5.41, 5.74) is 4.98. The number of ether oxygens (including phenoxy) is 1. The standard InChI is InChI=1S/C31H35FN4O5S/c1-20-28(33-27-3-2-10-36(31(38)29(20)27)12-11-35-13-15-41-16-14-35)18-25-24-17-23(8-9-26(24)34-30(25)37)42(39,40)19-21-4-6-22(32)7-5-21/h4-7,9,17-18,23,33H,2-3,8,10-16,19H2,1H3,(H,34,37)/b25-18-. The highest BCUT2D eigenvalue weighted by Gasteiger charge is 2.35. The number of morpholine rings is 1. The first-order valence-electron chi connectivity index (χ1n) is 14.4. The van der Waals surface area contributed by atoms with E-state index in [-0.39, 0.29) is 24.0 Å². The Balaban J connectivity index is 1.24. The lowest BCUT2D eigenvalue weighted by atomic mass is 9.98. The van der Waals surface area contributed by atoms with Crippen LogP contribution in [0.3, 0.4) is 0 Å². The van der Waals surface area contributed by atoms with Crippen LogP contribution < -0.4 is 5.32 Å². The molecule has 1 aromatic heterocycles. The van der Waals surface area contributed by atoms with E-state index in [1.54, 1.807) is 18.2 Å². The van der Waals surface area contributed by atoms with Gasteiger partial charge in [0.05, 0.1) is 35.4 Å². The normalized spacial score (nSPS) is 22.4. The number of carbonyl (C=O) groups is 2. The molecule has 1 aliphatic carbocycles. The van der Waals surface area contributed by atoms with Crippen molar-refractivity contribution in [2.45, 2.75) is 37.2 Å². The Morgan fingerprint density at radius 2 is 1.86 bits per heavy atom. The van der Waals surface area contributed by atoms with Crippen molar-refractivity contribution in [2.24, 2.45) is 0 Å². The van der Waals surface area contributed by atoms with E-state index in [4.69, 9.17) is 4.74 Å². The average Bonchev–Trinajstić information content (AvgIpc) is 3.40. The van der Waals surface area contributed by atoms with E-state index in [2.05, 4.69) is 15.2 Å². The third-order valence-electron chi connectivity index (χ3n) is 8.52. The molecule has 1 atom stereocenters. The summed E-state index contributed by atoms with van der Waals surface area (Å²) in [6.45, 7) is 7.21. The number of fused-ring (bicyclic) bond motifs is 2. The third-order valence-corrected chi connectivity index (χ3v) is 10.5. The molecule has 0 saturated carbocycles.